The van der Waals surface area contributed by atoms with E-state index < -0.39 is 0 Å². The summed E-state index contributed by atoms with van der Waals surface area (Å²) in [6.07, 6.45) is 5.60. The summed E-state index contributed by atoms with van der Waals surface area (Å²) < 4.78 is 18.5. The van der Waals surface area contributed by atoms with Crippen molar-refractivity contribution in [2.45, 2.75) is 45.3 Å². The zero-order valence-electron chi connectivity index (χ0n) is 25.5. The molecule has 4 aromatic rings. The molecule has 1 saturated heterocycles. The molecule has 0 bridgehead atoms. The first kappa shape index (κ1) is 29.4. The molecule has 2 aliphatic rings. The number of fused-ring (bicyclic) bond motifs is 1. The Kier molecular flexibility index (Phi) is 8.92. The van der Waals surface area contributed by atoms with E-state index in [0.29, 0.717) is 44.4 Å². The number of ether oxygens (including phenoxy) is 3. The van der Waals surface area contributed by atoms with E-state index >= 15 is 0 Å². The SMILES string of the molecule is COc1ccc(CN2CCN(c3cc(C(C)C)nc(-n4ccnc4)n3)C(CC(=O)NCc3ccc4c(c3)OCCO4)C2)cc1. The molecule has 11 heteroatoms. The Bertz CT molecular complexity index is 1560. The fraction of sp³-hybridized carbons (Fsp3) is 0.394. The van der Waals surface area contributed by atoms with Crippen molar-refractivity contribution in [3.05, 3.63) is 84.1 Å². The Labute approximate surface area is 257 Å². The molecule has 2 aromatic carbocycles. The number of methoxy groups -OCH3 is 1. The molecule has 6 rings (SSSR count). The third kappa shape index (κ3) is 6.94. The van der Waals surface area contributed by atoms with Gasteiger partial charge in [0.1, 0.15) is 31.1 Å². The minimum atomic E-state index is -0.0900. The summed E-state index contributed by atoms with van der Waals surface area (Å²) in [6.45, 7) is 8.80. The molecule has 44 heavy (non-hydrogen) atoms. The Morgan fingerprint density at radius 1 is 1.02 bits per heavy atom. The van der Waals surface area contributed by atoms with Gasteiger partial charge in [0, 0.05) is 57.6 Å². The number of anilines is 1. The van der Waals surface area contributed by atoms with Crippen molar-refractivity contribution in [1.29, 1.82) is 0 Å². The standard InChI is InChI=1S/C33H39N7O4/c1-23(2)28-18-31(37-33(36-28)39-11-10-34-22-39)40-13-12-38(20-24-4-7-27(42-3)8-5-24)21-26(40)17-32(41)35-19-25-6-9-29-30(16-25)44-15-14-43-29/h4-11,16,18,22-23,26H,12-15,17,19-21H2,1-3H3,(H,35,41). The second-order valence-electron chi connectivity index (χ2n) is 11.5. The maximum Gasteiger partial charge on any atom is 0.237 e. The van der Waals surface area contributed by atoms with Gasteiger partial charge in [0.05, 0.1) is 18.8 Å². The fourth-order valence-corrected chi connectivity index (χ4v) is 5.59. The first-order valence-corrected chi connectivity index (χ1v) is 15.1. The van der Waals surface area contributed by atoms with Gasteiger partial charge in [0.2, 0.25) is 11.9 Å². The normalized spacial score (nSPS) is 16.6. The Morgan fingerprint density at radius 3 is 2.57 bits per heavy atom. The van der Waals surface area contributed by atoms with Crippen LogP contribution < -0.4 is 24.4 Å². The van der Waals surface area contributed by atoms with Crippen molar-refractivity contribution in [1.82, 2.24) is 29.7 Å². The highest BCUT2D eigenvalue weighted by molar-refractivity contribution is 5.77. The fourth-order valence-electron chi connectivity index (χ4n) is 5.59. The number of nitrogens with one attached hydrogen (secondary N) is 1. The van der Waals surface area contributed by atoms with Gasteiger partial charge in [-0.2, -0.15) is 4.98 Å². The highest BCUT2D eigenvalue weighted by atomic mass is 16.6. The number of amides is 1. The van der Waals surface area contributed by atoms with Crippen molar-refractivity contribution < 1.29 is 19.0 Å². The van der Waals surface area contributed by atoms with Gasteiger partial charge >= 0.3 is 0 Å². The molecule has 1 fully saturated rings. The quantitative estimate of drug-likeness (QED) is 0.291. The van der Waals surface area contributed by atoms with E-state index in [1.807, 2.05) is 41.1 Å². The number of imidazole rings is 1. The molecular weight excluding hydrogens is 558 g/mol. The molecule has 1 N–H and O–H groups in total. The summed E-state index contributed by atoms with van der Waals surface area (Å²) in [5, 5.41) is 3.13. The summed E-state index contributed by atoms with van der Waals surface area (Å²) >= 11 is 0. The zero-order valence-corrected chi connectivity index (χ0v) is 25.5. The van der Waals surface area contributed by atoms with Crippen LogP contribution in [0, 0.1) is 0 Å². The molecule has 0 spiro atoms. The topological polar surface area (TPSA) is 107 Å². The number of nitrogens with zero attached hydrogens (tertiary/aromatic N) is 6. The van der Waals surface area contributed by atoms with Crippen LogP contribution in [0.2, 0.25) is 0 Å². The Hall–Kier alpha value is -4.64. The highest BCUT2D eigenvalue weighted by Gasteiger charge is 2.31. The lowest BCUT2D eigenvalue weighted by atomic mass is 10.1. The highest BCUT2D eigenvalue weighted by Crippen LogP contribution is 2.31. The van der Waals surface area contributed by atoms with Crippen LogP contribution in [0.25, 0.3) is 5.95 Å². The second-order valence-corrected chi connectivity index (χ2v) is 11.5. The van der Waals surface area contributed by atoms with Crippen molar-refractivity contribution >= 4 is 11.7 Å². The molecule has 230 valence electrons. The maximum absolute atomic E-state index is 13.4. The molecule has 0 radical (unpaired) electrons. The molecule has 11 nitrogen and oxygen atoms in total. The average molecular weight is 598 g/mol. The van der Waals surface area contributed by atoms with Gasteiger partial charge in [-0.05, 0) is 41.3 Å². The summed E-state index contributed by atoms with van der Waals surface area (Å²) in [5.41, 5.74) is 3.11. The number of aromatic nitrogens is 4. The summed E-state index contributed by atoms with van der Waals surface area (Å²) in [6, 6.07) is 15.9. The van der Waals surface area contributed by atoms with E-state index in [1.54, 1.807) is 19.6 Å². The first-order valence-electron chi connectivity index (χ1n) is 15.1. The van der Waals surface area contributed by atoms with Crippen LogP contribution in [0.3, 0.4) is 0 Å². The molecule has 1 atom stereocenters. The lowest BCUT2D eigenvalue weighted by Crippen LogP contribution is -2.54. The summed E-state index contributed by atoms with van der Waals surface area (Å²) in [5.74, 6) is 3.88. The van der Waals surface area contributed by atoms with Gasteiger partial charge < -0.3 is 24.4 Å². The third-order valence-electron chi connectivity index (χ3n) is 7.99. The number of carbonyl (C=O) groups is 1. The van der Waals surface area contributed by atoms with E-state index in [2.05, 4.69) is 52.1 Å². The smallest absolute Gasteiger partial charge is 0.237 e. The predicted molar refractivity (Wildman–Crippen MR) is 167 cm³/mol. The van der Waals surface area contributed by atoms with Gasteiger partial charge in [0.25, 0.3) is 0 Å². The third-order valence-corrected chi connectivity index (χ3v) is 7.99. The lowest BCUT2D eigenvalue weighted by molar-refractivity contribution is -0.121. The van der Waals surface area contributed by atoms with Crippen molar-refractivity contribution in [2.24, 2.45) is 0 Å². The Morgan fingerprint density at radius 2 is 1.82 bits per heavy atom. The van der Waals surface area contributed by atoms with Crippen LogP contribution in [-0.4, -0.2) is 76.3 Å². The largest absolute Gasteiger partial charge is 0.497 e. The minimum absolute atomic E-state index is 0.0193. The lowest BCUT2D eigenvalue weighted by Gasteiger charge is -2.42. The Balaban J connectivity index is 1.21. The molecule has 0 aliphatic carbocycles. The van der Waals surface area contributed by atoms with Crippen LogP contribution in [0.5, 0.6) is 17.2 Å². The molecule has 1 amide bonds. The van der Waals surface area contributed by atoms with Crippen molar-refractivity contribution in [3.8, 4) is 23.2 Å². The number of hydrogen-bond donors (Lipinski definition) is 1. The van der Waals surface area contributed by atoms with E-state index in [1.165, 1.54) is 5.56 Å². The molecule has 4 heterocycles. The number of rotatable bonds is 10. The molecule has 2 aliphatic heterocycles. The van der Waals surface area contributed by atoms with Crippen molar-refractivity contribution in [2.75, 3.05) is 44.9 Å². The number of benzene rings is 2. The van der Waals surface area contributed by atoms with Crippen LogP contribution in [0.15, 0.2) is 67.3 Å². The van der Waals surface area contributed by atoms with Crippen LogP contribution in [0.4, 0.5) is 5.82 Å². The van der Waals surface area contributed by atoms with Gasteiger partial charge in [0.15, 0.2) is 11.5 Å². The van der Waals surface area contributed by atoms with Gasteiger partial charge in [-0.15, -0.1) is 0 Å². The van der Waals surface area contributed by atoms with Gasteiger partial charge in [-0.25, -0.2) is 9.97 Å². The van der Waals surface area contributed by atoms with E-state index in [9.17, 15) is 4.79 Å². The maximum atomic E-state index is 13.4. The van der Waals surface area contributed by atoms with E-state index in [0.717, 1.165) is 48.2 Å². The van der Waals surface area contributed by atoms with E-state index in [-0.39, 0.29) is 17.9 Å². The first-order chi connectivity index (χ1) is 21.4. The van der Waals surface area contributed by atoms with Crippen LogP contribution >= 0.6 is 0 Å². The van der Waals surface area contributed by atoms with Crippen molar-refractivity contribution in [3.63, 3.8) is 0 Å². The summed E-state index contributed by atoms with van der Waals surface area (Å²) in [7, 11) is 1.67. The minimum Gasteiger partial charge on any atom is -0.497 e. The summed E-state index contributed by atoms with van der Waals surface area (Å²) in [4.78, 5) is 32.0. The predicted octanol–water partition coefficient (Wildman–Crippen LogP) is 3.96. The zero-order chi connectivity index (χ0) is 30.5. The van der Waals surface area contributed by atoms with Gasteiger partial charge in [-0.1, -0.05) is 32.0 Å². The number of carbonyl (C=O) groups excluding carboxylic acids is 1. The van der Waals surface area contributed by atoms with E-state index in [4.69, 9.17) is 24.2 Å². The van der Waals surface area contributed by atoms with Crippen LogP contribution in [0.1, 0.15) is 43.0 Å². The monoisotopic (exact) mass is 597 g/mol. The van der Waals surface area contributed by atoms with Crippen LogP contribution in [-0.2, 0) is 17.9 Å². The average Bonchev–Trinajstić information content (AvgIpc) is 3.59. The molecule has 2 aromatic heterocycles. The number of hydrogen-bond acceptors (Lipinski definition) is 9. The number of piperazine rings is 1. The molecule has 0 saturated carbocycles. The molecular formula is C33H39N7O4. The van der Waals surface area contributed by atoms with Gasteiger partial charge in [-0.3, -0.25) is 14.3 Å². The molecule has 1 unspecified atom stereocenters. The second kappa shape index (κ2) is 13.3.